The molecule has 2 unspecified atom stereocenters. The number of nitrogens with one attached hydrogen (secondary N) is 1. The van der Waals surface area contributed by atoms with Gasteiger partial charge in [-0.15, -0.1) is 0 Å². The molecule has 0 saturated carbocycles. The van der Waals surface area contributed by atoms with Crippen molar-refractivity contribution >= 4 is 0 Å². The summed E-state index contributed by atoms with van der Waals surface area (Å²) in [5.41, 5.74) is 0.0949. The molecule has 0 aliphatic rings. The van der Waals surface area contributed by atoms with E-state index < -0.39 is 0 Å². The zero-order valence-electron chi connectivity index (χ0n) is 12.7. The lowest BCUT2D eigenvalue weighted by atomic mass is 9.85. The first-order valence-corrected chi connectivity index (χ1v) is 7.09. The molecule has 4 heteroatoms. The second-order valence-corrected chi connectivity index (χ2v) is 5.98. The van der Waals surface area contributed by atoms with Gasteiger partial charge in [0.1, 0.15) is 0 Å². The third kappa shape index (κ3) is 7.31. The molecule has 0 aliphatic carbocycles. The molecule has 0 aromatic heterocycles. The molecule has 0 aliphatic heterocycles. The molecule has 0 heterocycles. The van der Waals surface area contributed by atoms with Crippen molar-refractivity contribution in [3.63, 3.8) is 0 Å². The summed E-state index contributed by atoms with van der Waals surface area (Å²) in [4.78, 5) is 2.21. The van der Waals surface area contributed by atoms with Crippen molar-refractivity contribution in [2.75, 3.05) is 32.8 Å². The zero-order chi connectivity index (χ0) is 14.2. The molecular weight excluding hydrogens is 228 g/mol. The van der Waals surface area contributed by atoms with Crippen molar-refractivity contribution in [3.8, 4) is 0 Å². The van der Waals surface area contributed by atoms with Crippen LogP contribution in [0.1, 0.15) is 41.0 Å². The van der Waals surface area contributed by atoms with Gasteiger partial charge in [0.2, 0.25) is 0 Å². The van der Waals surface area contributed by atoms with Crippen LogP contribution in [-0.4, -0.2) is 60.0 Å². The monoisotopic (exact) mass is 260 g/mol. The van der Waals surface area contributed by atoms with Crippen molar-refractivity contribution < 1.29 is 10.2 Å². The zero-order valence-corrected chi connectivity index (χ0v) is 12.7. The van der Waals surface area contributed by atoms with E-state index in [1.54, 1.807) is 0 Å². The summed E-state index contributed by atoms with van der Waals surface area (Å²) < 4.78 is 0. The van der Waals surface area contributed by atoms with E-state index in [-0.39, 0.29) is 24.2 Å². The first kappa shape index (κ1) is 17.8. The third-order valence-electron chi connectivity index (χ3n) is 3.43. The van der Waals surface area contributed by atoms with Crippen LogP contribution in [0.3, 0.4) is 0 Å². The van der Waals surface area contributed by atoms with Gasteiger partial charge in [0.15, 0.2) is 0 Å². The minimum atomic E-state index is -0.353. The van der Waals surface area contributed by atoms with Crippen molar-refractivity contribution in [1.82, 2.24) is 10.2 Å². The molecule has 0 spiro atoms. The maximum atomic E-state index is 10.00. The predicted octanol–water partition coefficient (Wildman–Crippen LogP) is 1.08. The Morgan fingerprint density at radius 2 is 1.72 bits per heavy atom. The van der Waals surface area contributed by atoms with Crippen LogP contribution in [0, 0.1) is 5.41 Å². The highest BCUT2D eigenvalue weighted by molar-refractivity contribution is 4.81. The Hall–Kier alpha value is -0.160. The van der Waals surface area contributed by atoms with E-state index in [9.17, 15) is 5.11 Å². The lowest BCUT2D eigenvalue weighted by molar-refractivity contribution is 0.103. The molecule has 0 aromatic rings. The van der Waals surface area contributed by atoms with E-state index in [2.05, 4.69) is 44.8 Å². The molecule has 0 amide bonds. The number of nitrogens with zero attached hydrogens (tertiary/aromatic N) is 1. The number of likely N-dealkylation sites (N-methyl/N-ethyl adjacent to an activating group) is 1. The Morgan fingerprint density at radius 3 is 2.11 bits per heavy atom. The number of hydrogen-bond donors (Lipinski definition) is 3. The second kappa shape index (κ2) is 8.86. The van der Waals surface area contributed by atoms with Crippen LogP contribution in [0.15, 0.2) is 0 Å². The van der Waals surface area contributed by atoms with Crippen LogP contribution in [-0.2, 0) is 0 Å². The maximum absolute atomic E-state index is 10.00. The van der Waals surface area contributed by atoms with E-state index in [1.165, 1.54) is 0 Å². The molecule has 0 radical (unpaired) electrons. The van der Waals surface area contributed by atoms with Crippen LogP contribution < -0.4 is 5.32 Å². The fourth-order valence-electron chi connectivity index (χ4n) is 2.09. The minimum Gasteiger partial charge on any atom is -0.396 e. The van der Waals surface area contributed by atoms with Gasteiger partial charge in [0, 0.05) is 25.7 Å². The van der Waals surface area contributed by atoms with E-state index in [4.69, 9.17) is 5.11 Å². The standard InChI is InChI=1S/C14H32N2O2/c1-6-16(7-2)11-12(18)10-15-13(8-9-17)14(3,4)5/h12-13,15,17-18H,6-11H2,1-5H3. The summed E-state index contributed by atoms with van der Waals surface area (Å²) in [6.45, 7) is 14.1. The SMILES string of the molecule is CCN(CC)CC(O)CNC(CCO)C(C)(C)C. The van der Waals surface area contributed by atoms with Crippen molar-refractivity contribution in [2.24, 2.45) is 5.41 Å². The van der Waals surface area contributed by atoms with Crippen LogP contribution in [0.2, 0.25) is 0 Å². The summed E-state index contributed by atoms with van der Waals surface area (Å²) in [5.74, 6) is 0. The average molecular weight is 260 g/mol. The molecule has 0 bridgehead atoms. The van der Waals surface area contributed by atoms with Crippen LogP contribution >= 0.6 is 0 Å². The van der Waals surface area contributed by atoms with E-state index in [0.29, 0.717) is 13.1 Å². The molecule has 0 saturated heterocycles. The Bertz CT molecular complexity index is 200. The first-order chi connectivity index (χ1) is 8.35. The summed E-state index contributed by atoms with van der Waals surface area (Å²) >= 11 is 0. The highest BCUT2D eigenvalue weighted by Crippen LogP contribution is 2.21. The quantitative estimate of drug-likeness (QED) is 0.580. The fraction of sp³-hybridized carbons (Fsp3) is 1.00. The highest BCUT2D eigenvalue weighted by atomic mass is 16.3. The summed E-state index contributed by atoms with van der Waals surface area (Å²) in [6.07, 6.45) is 0.370. The predicted molar refractivity (Wildman–Crippen MR) is 76.7 cm³/mol. The first-order valence-electron chi connectivity index (χ1n) is 7.09. The van der Waals surface area contributed by atoms with E-state index in [0.717, 1.165) is 19.5 Å². The Labute approximate surface area is 112 Å². The molecule has 2 atom stereocenters. The van der Waals surface area contributed by atoms with Gasteiger partial charge in [-0.05, 0) is 24.9 Å². The lowest BCUT2D eigenvalue weighted by Gasteiger charge is -2.32. The topological polar surface area (TPSA) is 55.7 Å². The Morgan fingerprint density at radius 1 is 1.17 bits per heavy atom. The van der Waals surface area contributed by atoms with Crippen molar-refractivity contribution in [2.45, 2.75) is 53.2 Å². The number of hydrogen-bond acceptors (Lipinski definition) is 4. The Kier molecular flexibility index (Phi) is 8.78. The summed E-state index contributed by atoms with van der Waals surface area (Å²) in [5, 5.41) is 22.5. The van der Waals surface area contributed by atoms with Crippen molar-refractivity contribution in [3.05, 3.63) is 0 Å². The maximum Gasteiger partial charge on any atom is 0.0791 e. The molecule has 0 aromatic carbocycles. The average Bonchev–Trinajstić information content (AvgIpc) is 2.29. The smallest absolute Gasteiger partial charge is 0.0791 e. The third-order valence-corrected chi connectivity index (χ3v) is 3.43. The van der Waals surface area contributed by atoms with Gasteiger partial charge in [0.25, 0.3) is 0 Å². The van der Waals surface area contributed by atoms with Gasteiger partial charge in [-0.1, -0.05) is 34.6 Å². The van der Waals surface area contributed by atoms with Gasteiger partial charge >= 0.3 is 0 Å². The van der Waals surface area contributed by atoms with Gasteiger partial charge < -0.3 is 20.4 Å². The molecule has 0 rings (SSSR count). The molecular formula is C14H32N2O2. The molecule has 3 N–H and O–H groups in total. The Balaban J connectivity index is 4.10. The highest BCUT2D eigenvalue weighted by Gasteiger charge is 2.24. The van der Waals surface area contributed by atoms with Crippen LogP contribution in [0.25, 0.3) is 0 Å². The van der Waals surface area contributed by atoms with Crippen LogP contribution in [0.5, 0.6) is 0 Å². The number of aliphatic hydroxyl groups excluding tert-OH is 2. The fourth-order valence-corrected chi connectivity index (χ4v) is 2.09. The normalized spacial score (nSPS) is 16.0. The van der Waals surface area contributed by atoms with Crippen molar-refractivity contribution in [1.29, 1.82) is 0 Å². The molecule has 110 valence electrons. The largest absolute Gasteiger partial charge is 0.396 e. The molecule has 0 fully saturated rings. The van der Waals surface area contributed by atoms with E-state index >= 15 is 0 Å². The lowest BCUT2D eigenvalue weighted by Crippen LogP contribution is -2.46. The van der Waals surface area contributed by atoms with E-state index in [1.807, 2.05) is 0 Å². The second-order valence-electron chi connectivity index (χ2n) is 5.98. The van der Waals surface area contributed by atoms with Gasteiger partial charge in [-0.25, -0.2) is 0 Å². The number of rotatable bonds is 9. The van der Waals surface area contributed by atoms with Gasteiger partial charge in [-0.2, -0.15) is 0 Å². The van der Waals surface area contributed by atoms with Gasteiger partial charge in [-0.3, -0.25) is 0 Å². The summed E-state index contributed by atoms with van der Waals surface area (Å²) in [6, 6.07) is 0.230. The van der Waals surface area contributed by atoms with Gasteiger partial charge in [0.05, 0.1) is 6.10 Å². The number of aliphatic hydroxyl groups is 2. The minimum absolute atomic E-state index is 0.0949. The molecule has 18 heavy (non-hydrogen) atoms. The molecule has 4 nitrogen and oxygen atoms in total. The summed E-state index contributed by atoms with van der Waals surface area (Å²) in [7, 11) is 0. The van der Waals surface area contributed by atoms with Crippen LogP contribution in [0.4, 0.5) is 0 Å².